The number of benzene rings is 3. The molecule has 0 saturated carbocycles. The monoisotopic (exact) mass is 436 g/mol. The van der Waals surface area contributed by atoms with Crippen molar-refractivity contribution < 1.29 is 14.3 Å². The van der Waals surface area contributed by atoms with Crippen molar-refractivity contribution in [3.05, 3.63) is 82.4 Å². The Morgan fingerprint density at radius 1 is 1.03 bits per heavy atom. The fraction of sp³-hybridized carbons (Fsp3) is 0.240. The van der Waals surface area contributed by atoms with Crippen LogP contribution in [0.15, 0.2) is 60.7 Å². The molecule has 1 atom stereocenters. The quantitative estimate of drug-likeness (QED) is 0.620. The van der Waals surface area contributed by atoms with Gasteiger partial charge in [0.25, 0.3) is 0 Å². The van der Waals surface area contributed by atoms with Gasteiger partial charge in [0.15, 0.2) is 0 Å². The number of amides is 1. The molecule has 0 saturated heterocycles. The van der Waals surface area contributed by atoms with Gasteiger partial charge in [-0.25, -0.2) is 0 Å². The van der Waals surface area contributed by atoms with E-state index in [0.29, 0.717) is 24.5 Å². The maximum Gasteiger partial charge on any atom is 0.240 e. The van der Waals surface area contributed by atoms with Crippen molar-refractivity contribution in [1.82, 2.24) is 4.90 Å². The topological polar surface area (TPSA) is 64.8 Å². The average Bonchev–Trinajstić information content (AvgIpc) is 3.23. The lowest BCUT2D eigenvalue weighted by molar-refractivity contribution is -0.133. The van der Waals surface area contributed by atoms with Gasteiger partial charge >= 0.3 is 0 Å². The SMILES string of the molecule is COc1ccc(OC)c(-c2ccc(CC(N)C(=O)N3Cc4ccccc4C3)c(Cl)c2)c1. The molecule has 0 spiro atoms. The van der Waals surface area contributed by atoms with Crippen LogP contribution in [0.4, 0.5) is 0 Å². The number of nitrogens with two attached hydrogens (primary N) is 1. The van der Waals surface area contributed by atoms with Crippen LogP contribution >= 0.6 is 11.6 Å². The van der Waals surface area contributed by atoms with Gasteiger partial charge in [-0.2, -0.15) is 0 Å². The molecule has 31 heavy (non-hydrogen) atoms. The Kier molecular flexibility index (Phi) is 6.16. The van der Waals surface area contributed by atoms with Crippen LogP contribution in [0.1, 0.15) is 16.7 Å². The van der Waals surface area contributed by atoms with Crippen LogP contribution < -0.4 is 15.2 Å². The highest BCUT2D eigenvalue weighted by Crippen LogP contribution is 2.35. The number of ether oxygens (including phenoxy) is 2. The third kappa shape index (κ3) is 4.38. The summed E-state index contributed by atoms with van der Waals surface area (Å²) >= 11 is 6.58. The number of carbonyl (C=O) groups excluding carboxylic acids is 1. The van der Waals surface area contributed by atoms with Gasteiger partial charge < -0.3 is 20.1 Å². The summed E-state index contributed by atoms with van der Waals surface area (Å²) < 4.78 is 10.8. The number of fused-ring (bicyclic) bond motifs is 1. The maximum atomic E-state index is 12.9. The van der Waals surface area contributed by atoms with Crippen molar-refractivity contribution in [2.24, 2.45) is 5.73 Å². The molecule has 0 fully saturated rings. The molecular weight excluding hydrogens is 412 g/mol. The molecular formula is C25H25ClN2O3. The molecule has 160 valence electrons. The standard InChI is InChI=1S/C25H25ClN2O3/c1-30-20-9-10-24(31-2)21(13-20)16-7-8-17(22(26)11-16)12-23(27)25(29)28-14-18-5-3-4-6-19(18)15-28/h3-11,13,23H,12,14-15,27H2,1-2H3. The Morgan fingerprint density at radius 3 is 2.35 bits per heavy atom. The van der Waals surface area contributed by atoms with E-state index in [1.165, 1.54) is 11.1 Å². The second kappa shape index (κ2) is 9.00. The maximum absolute atomic E-state index is 12.9. The minimum atomic E-state index is -0.649. The highest BCUT2D eigenvalue weighted by Gasteiger charge is 2.27. The largest absolute Gasteiger partial charge is 0.497 e. The van der Waals surface area contributed by atoms with Crippen molar-refractivity contribution in [1.29, 1.82) is 0 Å². The van der Waals surface area contributed by atoms with E-state index >= 15 is 0 Å². The van der Waals surface area contributed by atoms with Crippen molar-refractivity contribution in [3.8, 4) is 22.6 Å². The van der Waals surface area contributed by atoms with Gasteiger partial charge in [-0.15, -0.1) is 0 Å². The zero-order valence-electron chi connectivity index (χ0n) is 17.6. The van der Waals surface area contributed by atoms with Crippen LogP contribution in [0.3, 0.4) is 0 Å². The van der Waals surface area contributed by atoms with Gasteiger partial charge in [-0.05, 0) is 52.9 Å². The molecule has 1 amide bonds. The summed E-state index contributed by atoms with van der Waals surface area (Å²) in [4.78, 5) is 14.7. The normalized spacial score (nSPS) is 13.6. The minimum absolute atomic E-state index is 0.0641. The van der Waals surface area contributed by atoms with E-state index in [-0.39, 0.29) is 5.91 Å². The smallest absolute Gasteiger partial charge is 0.240 e. The summed E-state index contributed by atoms with van der Waals surface area (Å²) in [5.74, 6) is 1.39. The lowest BCUT2D eigenvalue weighted by Crippen LogP contribution is -2.42. The molecule has 5 nitrogen and oxygen atoms in total. The molecule has 3 aromatic carbocycles. The second-order valence-electron chi connectivity index (χ2n) is 7.65. The Labute approximate surface area is 187 Å². The van der Waals surface area contributed by atoms with Gasteiger partial charge in [0.1, 0.15) is 11.5 Å². The van der Waals surface area contributed by atoms with Crippen LogP contribution in [0, 0.1) is 0 Å². The van der Waals surface area contributed by atoms with Gasteiger partial charge in [-0.1, -0.05) is 48.0 Å². The predicted molar refractivity (Wildman–Crippen MR) is 122 cm³/mol. The first-order valence-electron chi connectivity index (χ1n) is 10.1. The molecule has 1 unspecified atom stereocenters. The number of methoxy groups -OCH3 is 2. The first-order chi connectivity index (χ1) is 15.0. The van der Waals surface area contributed by atoms with Crippen molar-refractivity contribution in [2.75, 3.05) is 14.2 Å². The number of nitrogens with zero attached hydrogens (tertiary/aromatic N) is 1. The zero-order chi connectivity index (χ0) is 22.0. The number of halogens is 1. The van der Waals surface area contributed by atoms with Crippen LogP contribution in [-0.4, -0.2) is 31.1 Å². The van der Waals surface area contributed by atoms with E-state index in [9.17, 15) is 4.79 Å². The first kappa shape index (κ1) is 21.2. The van der Waals surface area contributed by atoms with Gasteiger partial charge in [-0.3, -0.25) is 4.79 Å². The van der Waals surface area contributed by atoms with E-state index in [1.807, 2.05) is 48.5 Å². The summed E-state index contributed by atoms with van der Waals surface area (Å²) in [6.07, 6.45) is 0.375. The lowest BCUT2D eigenvalue weighted by atomic mass is 9.99. The lowest BCUT2D eigenvalue weighted by Gasteiger charge is -2.21. The highest BCUT2D eigenvalue weighted by atomic mass is 35.5. The van der Waals surface area contributed by atoms with Crippen molar-refractivity contribution in [3.63, 3.8) is 0 Å². The van der Waals surface area contributed by atoms with Gasteiger partial charge in [0, 0.05) is 23.7 Å². The van der Waals surface area contributed by atoms with Crippen LogP contribution in [0.5, 0.6) is 11.5 Å². The third-order valence-corrected chi connectivity index (χ3v) is 6.03. The minimum Gasteiger partial charge on any atom is -0.497 e. The number of rotatable bonds is 6. The third-order valence-electron chi connectivity index (χ3n) is 5.68. The Hall–Kier alpha value is -3.02. The summed E-state index contributed by atoms with van der Waals surface area (Å²) in [7, 11) is 3.25. The van der Waals surface area contributed by atoms with Gasteiger partial charge in [0.2, 0.25) is 5.91 Å². The van der Waals surface area contributed by atoms with Crippen LogP contribution in [-0.2, 0) is 24.3 Å². The van der Waals surface area contributed by atoms with Gasteiger partial charge in [0.05, 0.1) is 20.3 Å². The van der Waals surface area contributed by atoms with E-state index in [2.05, 4.69) is 12.1 Å². The molecule has 0 aliphatic carbocycles. The molecule has 1 aliphatic heterocycles. The van der Waals surface area contributed by atoms with E-state index < -0.39 is 6.04 Å². The number of hydrogen-bond donors (Lipinski definition) is 1. The number of carbonyl (C=O) groups is 1. The Balaban J connectivity index is 1.50. The van der Waals surface area contributed by atoms with E-state index in [0.717, 1.165) is 28.2 Å². The summed E-state index contributed by atoms with van der Waals surface area (Å²) in [6, 6.07) is 18.8. The molecule has 0 aromatic heterocycles. The van der Waals surface area contributed by atoms with E-state index in [1.54, 1.807) is 19.1 Å². The Bertz CT molecular complexity index is 1090. The average molecular weight is 437 g/mol. The number of hydrogen-bond acceptors (Lipinski definition) is 4. The molecule has 0 bridgehead atoms. The summed E-state index contributed by atoms with van der Waals surface area (Å²) in [5, 5.41) is 0.565. The van der Waals surface area contributed by atoms with Crippen LogP contribution in [0.2, 0.25) is 5.02 Å². The molecule has 4 rings (SSSR count). The Morgan fingerprint density at radius 2 is 1.74 bits per heavy atom. The van der Waals surface area contributed by atoms with E-state index in [4.69, 9.17) is 26.8 Å². The summed E-state index contributed by atoms with van der Waals surface area (Å²) in [6.45, 7) is 1.20. The fourth-order valence-corrected chi connectivity index (χ4v) is 4.23. The molecule has 6 heteroatoms. The van der Waals surface area contributed by atoms with Crippen molar-refractivity contribution in [2.45, 2.75) is 25.6 Å². The fourth-order valence-electron chi connectivity index (χ4n) is 3.97. The molecule has 1 heterocycles. The molecule has 2 N–H and O–H groups in total. The predicted octanol–water partition coefficient (Wildman–Crippen LogP) is 4.44. The molecule has 3 aromatic rings. The van der Waals surface area contributed by atoms with Crippen LogP contribution in [0.25, 0.3) is 11.1 Å². The zero-order valence-corrected chi connectivity index (χ0v) is 18.4. The first-order valence-corrected chi connectivity index (χ1v) is 10.5. The van der Waals surface area contributed by atoms with Crippen molar-refractivity contribution >= 4 is 17.5 Å². The molecule has 1 aliphatic rings. The highest BCUT2D eigenvalue weighted by molar-refractivity contribution is 6.31. The second-order valence-corrected chi connectivity index (χ2v) is 8.05. The molecule has 0 radical (unpaired) electrons. The summed E-state index contributed by atoms with van der Waals surface area (Å²) in [5.41, 5.74) is 11.3.